The molecule has 27 heavy (non-hydrogen) atoms. The predicted molar refractivity (Wildman–Crippen MR) is 110 cm³/mol. The van der Waals surface area contributed by atoms with Gasteiger partial charge in [0.2, 0.25) is 0 Å². The van der Waals surface area contributed by atoms with E-state index in [0.717, 1.165) is 57.6 Å². The number of fused-ring (bicyclic) bond motifs is 1. The molecule has 0 amide bonds. The molecule has 1 aromatic carbocycles. The number of pyridine rings is 1. The predicted octanol–water partition coefficient (Wildman–Crippen LogP) is 2.45. The van der Waals surface area contributed by atoms with Crippen molar-refractivity contribution in [1.29, 1.82) is 0 Å². The molecule has 0 aliphatic carbocycles. The maximum absolute atomic E-state index is 5.44. The Hall–Kier alpha value is -2.60. The second-order valence-electron chi connectivity index (χ2n) is 6.82. The van der Waals surface area contributed by atoms with Crippen molar-refractivity contribution in [1.82, 2.24) is 10.3 Å². The molecule has 1 aromatic heterocycles. The smallest absolute Gasteiger partial charge is 0.198 e. The van der Waals surface area contributed by atoms with Gasteiger partial charge in [-0.25, -0.2) is 9.98 Å². The minimum absolute atomic E-state index is 0.640. The van der Waals surface area contributed by atoms with E-state index in [-0.39, 0.29) is 0 Å². The Morgan fingerprint density at radius 1 is 1.19 bits per heavy atom. The van der Waals surface area contributed by atoms with Crippen LogP contribution in [-0.2, 0) is 17.7 Å². The van der Waals surface area contributed by atoms with Crippen LogP contribution in [0.2, 0.25) is 0 Å². The summed E-state index contributed by atoms with van der Waals surface area (Å²) in [5.74, 6) is 1.97. The number of nitrogens with one attached hydrogen (secondary N) is 1. The highest BCUT2D eigenvalue weighted by atomic mass is 16.5. The molecule has 2 aliphatic heterocycles. The first kappa shape index (κ1) is 17.8. The van der Waals surface area contributed by atoms with Crippen LogP contribution in [0.4, 0.5) is 11.5 Å². The van der Waals surface area contributed by atoms with Crippen molar-refractivity contribution in [3.63, 3.8) is 0 Å². The molecule has 2 aliphatic rings. The van der Waals surface area contributed by atoms with Gasteiger partial charge in [0.25, 0.3) is 0 Å². The lowest BCUT2D eigenvalue weighted by Gasteiger charge is -2.28. The first-order valence-corrected chi connectivity index (χ1v) is 9.76. The molecule has 1 saturated heterocycles. The lowest BCUT2D eigenvalue weighted by atomic mass is 10.2. The third kappa shape index (κ3) is 4.06. The molecule has 3 heterocycles. The zero-order valence-electron chi connectivity index (χ0n) is 15.9. The Labute approximate surface area is 160 Å². The second-order valence-corrected chi connectivity index (χ2v) is 6.82. The summed E-state index contributed by atoms with van der Waals surface area (Å²) in [4.78, 5) is 14.0. The van der Waals surface area contributed by atoms with Gasteiger partial charge in [0.05, 0.1) is 19.8 Å². The number of aliphatic imine (C=N–C) groups is 1. The van der Waals surface area contributed by atoms with E-state index < -0.39 is 0 Å². The summed E-state index contributed by atoms with van der Waals surface area (Å²) in [6, 6.07) is 12.8. The van der Waals surface area contributed by atoms with E-state index in [2.05, 4.69) is 63.4 Å². The zero-order chi connectivity index (χ0) is 18.5. The molecule has 0 saturated carbocycles. The Kier molecular flexibility index (Phi) is 5.53. The largest absolute Gasteiger partial charge is 0.378 e. The van der Waals surface area contributed by atoms with Crippen molar-refractivity contribution in [3.05, 3.63) is 53.7 Å². The van der Waals surface area contributed by atoms with Crippen LogP contribution in [-0.4, -0.2) is 50.3 Å². The summed E-state index contributed by atoms with van der Waals surface area (Å²) in [5.41, 5.74) is 3.83. The van der Waals surface area contributed by atoms with Crippen molar-refractivity contribution in [2.24, 2.45) is 4.99 Å². The Balaban J connectivity index is 1.51. The maximum atomic E-state index is 5.44. The third-order valence-corrected chi connectivity index (χ3v) is 5.03. The van der Waals surface area contributed by atoms with E-state index in [1.54, 1.807) is 0 Å². The second kappa shape index (κ2) is 8.39. The number of morpholine rings is 1. The number of hydrogen-bond donors (Lipinski definition) is 1. The van der Waals surface area contributed by atoms with Gasteiger partial charge in [-0.15, -0.1) is 0 Å². The van der Waals surface area contributed by atoms with E-state index in [9.17, 15) is 0 Å². The number of anilines is 2. The molecular formula is C21H27N5O. The topological polar surface area (TPSA) is 53.0 Å². The summed E-state index contributed by atoms with van der Waals surface area (Å²) in [7, 11) is 0. The van der Waals surface area contributed by atoms with Crippen LogP contribution in [0.15, 0.2) is 47.6 Å². The number of aromatic nitrogens is 1. The normalized spacial score (nSPS) is 17.1. The lowest BCUT2D eigenvalue weighted by Crippen LogP contribution is -2.40. The highest BCUT2D eigenvalue weighted by Crippen LogP contribution is 2.27. The van der Waals surface area contributed by atoms with E-state index in [1.165, 1.54) is 16.8 Å². The summed E-state index contributed by atoms with van der Waals surface area (Å²) < 4.78 is 5.44. The molecular weight excluding hydrogens is 338 g/mol. The molecule has 0 unspecified atom stereocenters. The first-order valence-electron chi connectivity index (χ1n) is 9.76. The van der Waals surface area contributed by atoms with Crippen molar-refractivity contribution in [2.75, 3.05) is 49.2 Å². The van der Waals surface area contributed by atoms with Crippen LogP contribution < -0.4 is 15.1 Å². The minimum atomic E-state index is 0.640. The van der Waals surface area contributed by atoms with Crippen LogP contribution in [0.25, 0.3) is 0 Å². The van der Waals surface area contributed by atoms with Gasteiger partial charge in [0.1, 0.15) is 5.82 Å². The number of guanidine groups is 1. The molecule has 1 N–H and O–H groups in total. The van der Waals surface area contributed by atoms with E-state index in [1.807, 2.05) is 6.20 Å². The fourth-order valence-electron chi connectivity index (χ4n) is 3.64. The molecule has 6 nitrogen and oxygen atoms in total. The van der Waals surface area contributed by atoms with Crippen LogP contribution in [0.1, 0.15) is 18.1 Å². The van der Waals surface area contributed by atoms with Crippen molar-refractivity contribution in [2.45, 2.75) is 19.9 Å². The van der Waals surface area contributed by atoms with Crippen molar-refractivity contribution < 1.29 is 4.74 Å². The summed E-state index contributed by atoms with van der Waals surface area (Å²) in [5, 5.41) is 3.45. The van der Waals surface area contributed by atoms with E-state index in [4.69, 9.17) is 9.73 Å². The van der Waals surface area contributed by atoms with Gasteiger partial charge in [0.15, 0.2) is 5.96 Å². The number of hydrogen-bond acceptors (Lipinski definition) is 4. The van der Waals surface area contributed by atoms with Crippen LogP contribution in [0, 0.1) is 0 Å². The summed E-state index contributed by atoms with van der Waals surface area (Å²) in [6.07, 6.45) is 2.95. The average Bonchev–Trinajstić information content (AvgIpc) is 3.16. The molecule has 6 heteroatoms. The molecule has 142 valence electrons. The van der Waals surface area contributed by atoms with Crippen LogP contribution >= 0.6 is 0 Å². The molecule has 1 fully saturated rings. The van der Waals surface area contributed by atoms with Crippen LogP contribution in [0.5, 0.6) is 0 Å². The molecule has 2 aromatic rings. The number of rotatable bonds is 4. The third-order valence-electron chi connectivity index (χ3n) is 5.03. The van der Waals surface area contributed by atoms with Gasteiger partial charge < -0.3 is 19.9 Å². The maximum Gasteiger partial charge on any atom is 0.198 e. The number of benzene rings is 1. The number of nitrogens with zero attached hydrogens (tertiary/aromatic N) is 4. The van der Waals surface area contributed by atoms with Gasteiger partial charge in [-0.1, -0.05) is 18.2 Å². The van der Waals surface area contributed by atoms with Gasteiger partial charge in [-0.2, -0.15) is 0 Å². The molecule has 0 bridgehead atoms. The van der Waals surface area contributed by atoms with Gasteiger partial charge in [-0.3, -0.25) is 0 Å². The zero-order valence-corrected chi connectivity index (χ0v) is 15.9. The number of para-hydroxylation sites is 1. The first-order chi connectivity index (χ1) is 13.3. The number of ether oxygens (including phenoxy) is 1. The molecule has 0 atom stereocenters. The van der Waals surface area contributed by atoms with Gasteiger partial charge in [0, 0.05) is 38.1 Å². The summed E-state index contributed by atoms with van der Waals surface area (Å²) in [6.45, 7) is 7.90. The monoisotopic (exact) mass is 365 g/mol. The lowest BCUT2D eigenvalue weighted by molar-refractivity contribution is 0.122. The Morgan fingerprint density at radius 3 is 2.89 bits per heavy atom. The van der Waals surface area contributed by atoms with Crippen molar-refractivity contribution >= 4 is 17.5 Å². The fraction of sp³-hybridized carbons (Fsp3) is 0.429. The molecule has 0 spiro atoms. The minimum Gasteiger partial charge on any atom is -0.378 e. The Bertz CT molecular complexity index is 801. The Morgan fingerprint density at radius 2 is 2.04 bits per heavy atom. The van der Waals surface area contributed by atoms with E-state index in [0.29, 0.717) is 6.54 Å². The van der Waals surface area contributed by atoms with Gasteiger partial charge in [-0.05, 0) is 42.7 Å². The molecule has 0 radical (unpaired) electrons. The van der Waals surface area contributed by atoms with E-state index >= 15 is 0 Å². The highest BCUT2D eigenvalue weighted by Gasteiger charge is 2.22. The average molecular weight is 365 g/mol. The summed E-state index contributed by atoms with van der Waals surface area (Å²) >= 11 is 0. The quantitative estimate of drug-likeness (QED) is 0.666. The van der Waals surface area contributed by atoms with Gasteiger partial charge >= 0.3 is 0 Å². The molecule has 4 rings (SSSR count). The SMILES string of the molecule is CCNC(=NCc1ccnc(N2CCOCC2)c1)N1CCc2ccccc21. The van der Waals surface area contributed by atoms with Crippen LogP contribution in [0.3, 0.4) is 0 Å². The fourth-order valence-corrected chi connectivity index (χ4v) is 3.64. The standard InChI is InChI=1S/C21H27N5O/c1-2-22-21(26-10-8-18-5-3-4-6-19(18)26)24-16-17-7-9-23-20(15-17)25-11-13-27-14-12-25/h3-7,9,15H,2,8,10-14,16H2,1H3,(H,22,24). The van der Waals surface area contributed by atoms with Crippen molar-refractivity contribution in [3.8, 4) is 0 Å². The highest BCUT2D eigenvalue weighted by molar-refractivity contribution is 5.97.